The van der Waals surface area contributed by atoms with E-state index in [1.165, 1.54) is 0 Å². The fourth-order valence-corrected chi connectivity index (χ4v) is 1.36. The van der Waals surface area contributed by atoms with E-state index in [0.29, 0.717) is 5.56 Å². The van der Waals surface area contributed by atoms with E-state index in [-0.39, 0.29) is 5.91 Å². The topological polar surface area (TPSA) is 44.7 Å². The van der Waals surface area contributed by atoms with Crippen LogP contribution in [0, 0.1) is 0 Å². The second-order valence-electron chi connectivity index (χ2n) is 2.99. The average molecular weight is 172 g/mol. The van der Waals surface area contributed by atoms with Crippen LogP contribution in [0.2, 0.25) is 0 Å². The van der Waals surface area contributed by atoms with Crippen molar-refractivity contribution in [2.24, 2.45) is 0 Å². The molecule has 2 aromatic rings. The number of hydrogen-bond acceptors (Lipinski definition) is 1. The Balaban J connectivity index is 2.69. The second-order valence-corrected chi connectivity index (χ2v) is 2.99. The van der Waals surface area contributed by atoms with Crippen LogP contribution in [0.5, 0.6) is 0 Å². The van der Waals surface area contributed by atoms with E-state index in [1.54, 1.807) is 6.07 Å². The molecule has 0 aromatic heterocycles. The van der Waals surface area contributed by atoms with E-state index >= 15 is 0 Å². The van der Waals surface area contributed by atoms with Crippen molar-refractivity contribution < 1.29 is 10.5 Å². The number of fused-ring (bicyclic) bond motifs is 1. The Morgan fingerprint density at radius 1 is 1.00 bits per heavy atom. The first-order valence-electron chi connectivity index (χ1n) is 4.12. The molecule has 1 amide bonds. The van der Waals surface area contributed by atoms with Crippen molar-refractivity contribution in [1.29, 1.82) is 0 Å². The summed E-state index contributed by atoms with van der Waals surface area (Å²) in [7, 11) is 0. The van der Waals surface area contributed by atoms with E-state index < -0.39 is 0 Å². The molecule has 64 valence electrons. The Bertz CT molecular complexity index is 462. The molecule has 0 aliphatic heterocycles. The number of carbonyl (C=O) groups is 1. The zero-order valence-corrected chi connectivity index (χ0v) is 7.16. The Kier molecular flexibility index (Phi) is 1.83. The van der Waals surface area contributed by atoms with Gasteiger partial charge in [0.25, 0.3) is 0 Å². The number of amides is 1. The first-order chi connectivity index (χ1) is 6.27. The van der Waals surface area contributed by atoms with E-state index in [0.717, 1.165) is 10.8 Å². The third-order valence-corrected chi connectivity index (χ3v) is 2.07. The quantitative estimate of drug-likeness (QED) is 0.690. The summed E-state index contributed by atoms with van der Waals surface area (Å²) < 4.78 is 0. The van der Waals surface area contributed by atoms with E-state index in [2.05, 4.69) is 5.73 Å². The first-order valence-corrected chi connectivity index (χ1v) is 4.12. The Morgan fingerprint density at radius 3 is 2.38 bits per heavy atom. The Labute approximate surface area is 76.0 Å². The fourth-order valence-electron chi connectivity index (χ4n) is 1.36. The molecular weight excluding hydrogens is 162 g/mol. The highest BCUT2D eigenvalue weighted by atomic mass is 16.1. The number of rotatable bonds is 1. The minimum absolute atomic E-state index is 0.134. The minimum atomic E-state index is -0.134. The van der Waals surface area contributed by atoms with Crippen molar-refractivity contribution in [2.45, 2.75) is 0 Å². The largest absolute Gasteiger partial charge is 0.341 e. The fraction of sp³-hybridized carbons (Fsp3) is 0. The van der Waals surface area contributed by atoms with E-state index in [1.807, 2.05) is 36.4 Å². The second kappa shape index (κ2) is 2.99. The summed E-state index contributed by atoms with van der Waals surface area (Å²) in [5, 5.41) is 2.23. The Morgan fingerprint density at radius 2 is 1.69 bits per heavy atom. The maximum absolute atomic E-state index is 11.0. The standard InChI is InChI=1S/C11H9NO/c12-11(13)10-6-5-8-3-1-2-4-9(8)7-10/h1-7H,(H2,12,13)/p+1. The average Bonchev–Trinajstić information content (AvgIpc) is 2.17. The summed E-state index contributed by atoms with van der Waals surface area (Å²) in [6.07, 6.45) is 0. The van der Waals surface area contributed by atoms with Gasteiger partial charge in [0.1, 0.15) is 0 Å². The summed E-state index contributed by atoms with van der Waals surface area (Å²) in [5.41, 5.74) is 4.04. The van der Waals surface area contributed by atoms with Gasteiger partial charge in [-0.25, -0.2) is 4.79 Å². The lowest BCUT2D eigenvalue weighted by atomic mass is 10.1. The van der Waals surface area contributed by atoms with Crippen LogP contribution in [0.4, 0.5) is 0 Å². The molecule has 2 rings (SSSR count). The number of hydrogen-bond donors (Lipinski definition) is 1. The molecular formula is C11H10NO+. The summed E-state index contributed by atoms with van der Waals surface area (Å²) in [5.74, 6) is -0.134. The smallest absolute Gasteiger partial charge is 0.290 e. The van der Waals surface area contributed by atoms with Crippen LogP contribution >= 0.6 is 0 Å². The van der Waals surface area contributed by atoms with Crippen LogP contribution in [-0.2, 0) is 0 Å². The first kappa shape index (κ1) is 7.95. The van der Waals surface area contributed by atoms with Crippen molar-refractivity contribution >= 4 is 16.7 Å². The van der Waals surface area contributed by atoms with Gasteiger partial charge in [-0.05, 0) is 22.9 Å². The van der Waals surface area contributed by atoms with Gasteiger partial charge in [0.2, 0.25) is 0 Å². The maximum atomic E-state index is 11.0. The highest BCUT2D eigenvalue weighted by Crippen LogP contribution is 2.14. The molecule has 0 spiro atoms. The molecule has 2 heteroatoms. The van der Waals surface area contributed by atoms with Gasteiger partial charge in [-0.15, -0.1) is 0 Å². The van der Waals surface area contributed by atoms with Crippen molar-refractivity contribution in [3.05, 3.63) is 48.0 Å². The number of carbonyl (C=O) groups excluding carboxylic acids is 1. The monoisotopic (exact) mass is 172 g/mol. The van der Waals surface area contributed by atoms with Crippen molar-refractivity contribution in [1.82, 2.24) is 0 Å². The van der Waals surface area contributed by atoms with Gasteiger partial charge in [-0.3, -0.25) is 5.73 Å². The van der Waals surface area contributed by atoms with Crippen molar-refractivity contribution in [3.63, 3.8) is 0 Å². The molecule has 0 aliphatic carbocycles. The maximum Gasteiger partial charge on any atom is 0.341 e. The van der Waals surface area contributed by atoms with Crippen LogP contribution in [0.15, 0.2) is 42.5 Å². The molecule has 0 heterocycles. The number of benzene rings is 2. The lowest BCUT2D eigenvalue weighted by Gasteiger charge is -1.97. The third kappa shape index (κ3) is 1.44. The van der Waals surface area contributed by atoms with E-state index in [9.17, 15) is 4.79 Å². The molecule has 0 unspecified atom stereocenters. The molecule has 0 fully saturated rings. The minimum Gasteiger partial charge on any atom is -0.290 e. The van der Waals surface area contributed by atoms with Crippen molar-refractivity contribution in [3.8, 4) is 0 Å². The highest BCUT2D eigenvalue weighted by molar-refractivity contribution is 5.93. The molecule has 0 bridgehead atoms. The van der Waals surface area contributed by atoms with Crippen LogP contribution < -0.4 is 5.73 Å². The highest BCUT2D eigenvalue weighted by Gasteiger charge is 2.03. The van der Waals surface area contributed by atoms with Gasteiger partial charge in [-0.2, -0.15) is 0 Å². The molecule has 2 nitrogen and oxygen atoms in total. The molecule has 13 heavy (non-hydrogen) atoms. The molecule has 0 radical (unpaired) electrons. The SMILES string of the molecule is [NH3+]C(=O)c1ccc2ccccc2c1. The molecule has 0 aliphatic rings. The van der Waals surface area contributed by atoms with Crippen LogP contribution in [0.3, 0.4) is 0 Å². The normalized spacial score (nSPS) is 10.2. The molecule has 3 N–H and O–H groups in total. The molecule has 0 atom stereocenters. The van der Waals surface area contributed by atoms with Gasteiger partial charge >= 0.3 is 5.91 Å². The summed E-state index contributed by atoms with van der Waals surface area (Å²) in [6, 6.07) is 13.6. The van der Waals surface area contributed by atoms with Crippen LogP contribution in [0.1, 0.15) is 10.4 Å². The third-order valence-electron chi connectivity index (χ3n) is 2.07. The molecule has 2 aromatic carbocycles. The van der Waals surface area contributed by atoms with Gasteiger partial charge in [0, 0.05) is 0 Å². The lowest BCUT2D eigenvalue weighted by molar-refractivity contribution is -0.255. The predicted molar refractivity (Wildman–Crippen MR) is 51.2 cm³/mol. The molecule has 0 saturated carbocycles. The van der Waals surface area contributed by atoms with Crippen LogP contribution in [-0.4, -0.2) is 5.91 Å². The van der Waals surface area contributed by atoms with Gasteiger partial charge in [0.15, 0.2) is 0 Å². The number of quaternary nitrogens is 1. The van der Waals surface area contributed by atoms with E-state index in [4.69, 9.17) is 0 Å². The van der Waals surface area contributed by atoms with Gasteiger partial charge in [-0.1, -0.05) is 30.3 Å². The molecule has 0 saturated heterocycles. The van der Waals surface area contributed by atoms with Gasteiger partial charge < -0.3 is 0 Å². The van der Waals surface area contributed by atoms with Crippen molar-refractivity contribution in [2.75, 3.05) is 0 Å². The Hall–Kier alpha value is -1.67. The van der Waals surface area contributed by atoms with Gasteiger partial charge in [0.05, 0.1) is 5.56 Å². The summed E-state index contributed by atoms with van der Waals surface area (Å²) >= 11 is 0. The van der Waals surface area contributed by atoms with Crippen LogP contribution in [0.25, 0.3) is 10.8 Å². The summed E-state index contributed by atoms with van der Waals surface area (Å²) in [4.78, 5) is 11.0. The predicted octanol–water partition coefficient (Wildman–Crippen LogP) is 1.22. The lowest BCUT2D eigenvalue weighted by Crippen LogP contribution is -2.56. The zero-order valence-electron chi connectivity index (χ0n) is 7.16. The zero-order chi connectivity index (χ0) is 9.26. The summed E-state index contributed by atoms with van der Waals surface area (Å²) in [6.45, 7) is 0.